The number of halogens is 1. The topological polar surface area (TPSA) is 26.3 Å². The smallest absolute Gasteiger partial charge is 0.341 e. The molecule has 1 aliphatic carbocycles. The highest BCUT2D eigenvalue weighted by Crippen LogP contribution is 2.45. The van der Waals surface area contributed by atoms with Crippen LogP contribution in [0.3, 0.4) is 0 Å². The molecule has 0 saturated heterocycles. The molecule has 1 aliphatic rings. The SMILES string of the molecule is COC(=O)C(F)[C@H](c1cccc(C)c1)C1CC1. The van der Waals surface area contributed by atoms with Gasteiger partial charge in [0.25, 0.3) is 0 Å². The Labute approximate surface area is 101 Å². The van der Waals surface area contributed by atoms with Gasteiger partial charge < -0.3 is 4.74 Å². The highest BCUT2D eigenvalue weighted by molar-refractivity contribution is 5.76. The molecule has 0 aromatic heterocycles. The molecular weight excluding hydrogens is 219 g/mol. The number of benzene rings is 1. The second kappa shape index (κ2) is 4.86. The summed E-state index contributed by atoms with van der Waals surface area (Å²) in [4.78, 5) is 11.3. The van der Waals surface area contributed by atoms with Crippen LogP contribution in [0.15, 0.2) is 24.3 Å². The van der Waals surface area contributed by atoms with Crippen molar-refractivity contribution in [3.63, 3.8) is 0 Å². The average Bonchev–Trinajstić information content (AvgIpc) is 3.12. The summed E-state index contributed by atoms with van der Waals surface area (Å²) in [6, 6.07) is 7.73. The lowest BCUT2D eigenvalue weighted by molar-refractivity contribution is -0.147. The Bertz CT molecular complexity index is 412. The Morgan fingerprint density at radius 1 is 1.47 bits per heavy atom. The van der Waals surface area contributed by atoms with Crippen LogP contribution in [-0.2, 0) is 9.53 Å². The van der Waals surface area contributed by atoms with Gasteiger partial charge in [-0.2, -0.15) is 0 Å². The third-order valence-corrected chi connectivity index (χ3v) is 3.30. The Morgan fingerprint density at radius 2 is 2.18 bits per heavy atom. The lowest BCUT2D eigenvalue weighted by Crippen LogP contribution is -2.26. The third-order valence-electron chi connectivity index (χ3n) is 3.30. The van der Waals surface area contributed by atoms with E-state index in [1.165, 1.54) is 7.11 Å². The Hall–Kier alpha value is -1.38. The molecule has 92 valence electrons. The highest BCUT2D eigenvalue weighted by Gasteiger charge is 2.41. The van der Waals surface area contributed by atoms with Gasteiger partial charge in [0.15, 0.2) is 0 Å². The number of esters is 1. The van der Waals surface area contributed by atoms with Crippen molar-refractivity contribution in [2.24, 2.45) is 5.92 Å². The number of rotatable bonds is 4. The van der Waals surface area contributed by atoms with E-state index in [9.17, 15) is 9.18 Å². The molecule has 0 aliphatic heterocycles. The van der Waals surface area contributed by atoms with E-state index in [2.05, 4.69) is 4.74 Å². The van der Waals surface area contributed by atoms with Gasteiger partial charge in [-0.3, -0.25) is 0 Å². The quantitative estimate of drug-likeness (QED) is 0.751. The molecule has 2 rings (SSSR count). The van der Waals surface area contributed by atoms with Gasteiger partial charge in [0, 0.05) is 5.92 Å². The molecule has 3 heteroatoms. The lowest BCUT2D eigenvalue weighted by atomic mass is 9.89. The number of alkyl halides is 1. The maximum atomic E-state index is 14.1. The number of hydrogen-bond acceptors (Lipinski definition) is 2. The zero-order chi connectivity index (χ0) is 12.4. The highest BCUT2D eigenvalue weighted by atomic mass is 19.1. The van der Waals surface area contributed by atoms with Gasteiger partial charge >= 0.3 is 5.97 Å². The zero-order valence-electron chi connectivity index (χ0n) is 10.2. The minimum absolute atomic E-state index is 0.283. The van der Waals surface area contributed by atoms with Crippen molar-refractivity contribution >= 4 is 5.97 Å². The van der Waals surface area contributed by atoms with Crippen LogP contribution < -0.4 is 0 Å². The second-order valence-electron chi connectivity index (χ2n) is 4.70. The normalized spacial score (nSPS) is 18.5. The van der Waals surface area contributed by atoms with E-state index in [1.54, 1.807) is 0 Å². The maximum Gasteiger partial charge on any atom is 0.341 e. The van der Waals surface area contributed by atoms with Crippen LogP contribution in [0.4, 0.5) is 4.39 Å². The summed E-state index contributed by atoms with van der Waals surface area (Å²) in [6.45, 7) is 1.97. The molecule has 0 spiro atoms. The molecule has 17 heavy (non-hydrogen) atoms. The van der Waals surface area contributed by atoms with Gasteiger partial charge in [0.05, 0.1) is 7.11 Å². The number of hydrogen-bond donors (Lipinski definition) is 0. The summed E-state index contributed by atoms with van der Waals surface area (Å²) < 4.78 is 18.6. The third kappa shape index (κ3) is 2.65. The van der Waals surface area contributed by atoms with E-state index in [0.29, 0.717) is 0 Å². The predicted octanol–water partition coefficient (Wildman–Crippen LogP) is 3.00. The molecule has 0 radical (unpaired) electrons. The van der Waals surface area contributed by atoms with E-state index in [4.69, 9.17) is 0 Å². The van der Waals surface area contributed by atoms with Crippen molar-refractivity contribution in [1.29, 1.82) is 0 Å². The second-order valence-corrected chi connectivity index (χ2v) is 4.70. The molecule has 0 bridgehead atoms. The van der Waals surface area contributed by atoms with Crippen molar-refractivity contribution in [2.45, 2.75) is 31.9 Å². The van der Waals surface area contributed by atoms with Gasteiger partial charge in [-0.05, 0) is 31.2 Å². The standard InChI is InChI=1S/C14H17FO2/c1-9-4-3-5-11(8-9)12(10-6-7-10)13(15)14(16)17-2/h3-5,8,10,12-13H,6-7H2,1-2H3/t12-,13?/m0/s1. The fourth-order valence-corrected chi connectivity index (χ4v) is 2.27. The first kappa shape index (κ1) is 12.1. The molecule has 1 saturated carbocycles. The van der Waals surface area contributed by atoms with Crippen molar-refractivity contribution in [2.75, 3.05) is 7.11 Å². The summed E-state index contributed by atoms with van der Waals surface area (Å²) in [7, 11) is 1.23. The summed E-state index contributed by atoms with van der Waals surface area (Å²) in [5.74, 6) is -0.823. The maximum absolute atomic E-state index is 14.1. The summed E-state index contributed by atoms with van der Waals surface area (Å²) in [5, 5.41) is 0. The first-order valence-electron chi connectivity index (χ1n) is 5.92. The van der Waals surface area contributed by atoms with E-state index in [1.807, 2.05) is 31.2 Å². The van der Waals surface area contributed by atoms with Crippen LogP contribution in [0, 0.1) is 12.8 Å². The lowest BCUT2D eigenvalue weighted by Gasteiger charge is -2.19. The van der Waals surface area contributed by atoms with Crippen molar-refractivity contribution in [1.82, 2.24) is 0 Å². The minimum Gasteiger partial charge on any atom is -0.467 e. The molecule has 1 unspecified atom stereocenters. The summed E-state index contributed by atoms with van der Waals surface area (Å²) >= 11 is 0. The predicted molar refractivity (Wildman–Crippen MR) is 63.6 cm³/mol. The number of carbonyl (C=O) groups is 1. The number of ether oxygens (including phenoxy) is 1. The van der Waals surface area contributed by atoms with Gasteiger partial charge in [-0.25, -0.2) is 9.18 Å². The molecule has 2 nitrogen and oxygen atoms in total. The van der Waals surface area contributed by atoms with E-state index < -0.39 is 12.1 Å². The minimum atomic E-state index is -1.55. The van der Waals surface area contributed by atoms with Crippen LogP contribution in [0.1, 0.15) is 29.9 Å². The molecule has 0 N–H and O–H groups in total. The van der Waals surface area contributed by atoms with Crippen LogP contribution in [0.2, 0.25) is 0 Å². The monoisotopic (exact) mass is 236 g/mol. The van der Waals surface area contributed by atoms with Crippen LogP contribution in [-0.4, -0.2) is 19.3 Å². The molecule has 1 aromatic rings. The van der Waals surface area contributed by atoms with Gasteiger partial charge in [-0.15, -0.1) is 0 Å². The zero-order valence-corrected chi connectivity index (χ0v) is 10.2. The van der Waals surface area contributed by atoms with Crippen LogP contribution >= 0.6 is 0 Å². The average molecular weight is 236 g/mol. The molecular formula is C14H17FO2. The fraction of sp³-hybridized carbons (Fsp3) is 0.500. The molecule has 0 heterocycles. The summed E-state index contributed by atoms with van der Waals surface area (Å²) in [5.41, 5.74) is 2.00. The van der Waals surface area contributed by atoms with Crippen molar-refractivity contribution < 1.29 is 13.9 Å². The Morgan fingerprint density at radius 3 is 2.71 bits per heavy atom. The largest absolute Gasteiger partial charge is 0.467 e. The molecule has 0 amide bonds. The summed E-state index contributed by atoms with van der Waals surface area (Å²) in [6.07, 6.45) is 0.445. The molecule has 2 atom stereocenters. The molecule has 1 aromatic carbocycles. The van der Waals surface area contributed by atoms with Gasteiger partial charge in [0.1, 0.15) is 0 Å². The first-order valence-corrected chi connectivity index (χ1v) is 5.92. The van der Waals surface area contributed by atoms with Gasteiger partial charge in [-0.1, -0.05) is 29.8 Å². The number of carbonyl (C=O) groups excluding carboxylic acids is 1. The number of aryl methyl sites for hydroxylation is 1. The fourth-order valence-electron chi connectivity index (χ4n) is 2.27. The number of methoxy groups -OCH3 is 1. The Kier molecular flexibility index (Phi) is 3.46. The van der Waals surface area contributed by atoms with E-state index in [0.717, 1.165) is 24.0 Å². The van der Waals surface area contributed by atoms with Crippen LogP contribution in [0.25, 0.3) is 0 Å². The van der Waals surface area contributed by atoms with Crippen molar-refractivity contribution in [3.05, 3.63) is 35.4 Å². The van der Waals surface area contributed by atoms with E-state index >= 15 is 0 Å². The molecule has 1 fully saturated rings. The van der Waals surface area contributed by atoms with Gasteiger partial charge in [0.2, 0.25) is 6.17 Å². The van der Waals surface area contributed by atoms with E-state index in [-0.39, 0.29) is 11.8 Å². The first-order chi connectivity index (χ1) is 8.13. The van der Waals surface area contributed by atoms with Crippen molar-refractivity contribution in [3.8, 4) is 0 Å². The Balaban J connectivity index is 2.26. The van der Waals surface area contributed by atoms with Crippen LogP contribution in [0.5, 0.6) is 0 Å².